The lowest BCUT2D eigenvalue weighted by molar-refractivity contribution is 0.593. The molecule has 2 N–H and O–H groups in total. The Bertz CT molecular complexity index is 613. The molecule has 0 saturated heterocycles. The highest BCUT2D eigenvalue weighted by molar-refractivity contribution is 7.26. The van der Waals surface area contributed by atoms with Gasteiger partial charge in [-0.2, -0.15) is 0 Å². The Morgan fingerprint density at radius 2 is 2.11 bits per heavy atom. The number of hydrogen-bond donors (Lipinski definition) is 1. The molecular weight excluding hydrogens is 260 g/mol. The van der Waals surface area contributed by atoms with Crippen LogP contribution < -0.4 is 5.73 Å². The third kappa shape index (κ3) is 2.07. The summed E-state index contributed by atoms with van der Waals surface area (Å²) in [6, 6.07) is 10.4. The van der Waals surface area contributed by atoms with E-state index in [1.165, 1.54) is 14.3 Å². The molecule has 0 radical (unpaired) electrons. The van der Waals surface area contributed by atoms with Gasteiger partial charge in [0.2, 0.25) is 0 Å². The van der Waals surface area contributed by atoms with E-state index >= 15 is 0 Å². The standard InChI is InChI=1S/C14H14N2S2/c1-9(10-4-2-3-6-16-10)14(15)13-8-12-11(18-13)5-7-17-12/h2-9,14H,15H2,1H3. The zero-order chi connectivity index (χ0) is 12.5. The Hall–Kier alpha value is -1.23. The third-order valence-corrected chi connectivity index (χ3v) is 5.37. The molecule has 0 aliphatic rings. The van der Waals surface area contributed by atoms with Gasteiger partial charge in [0.15, 0.2) is 0 Å². The monoisotopic (exact) mass is 274 g/mol. The Kier molecular flexibility index (Phi) is 3.16. The average molecular weight is 274 g/mol. The van der Waals surface area contributed by atoms with Crippen molar-refractivity contribution in [2.75, 3.05) is 0 Å². The summed E-state index contributed by atoms with van der Waals surface area (Å²) in [5.74, 6) is 0.235. The Labute approximate surface area is 114 Å². The van der Waals surface area contributed by atoms with Gasteiger partial charge in [0.25, 0.3) is 0 Å². The number of pyridine rings is 1. The molecule has 3 rings (SSSR count). The van der Waals surface area contributed by atoms with Crippen LogP contribution in [0, 0.1) is 0 Å². The molecule has 0 aliphatic heterocycles. The lowest BCUT2D eigenvalue weighted by atomic mass is 9.97. The fraction of sp³-hybridized carbons (Fsp3) is 0.214. The number of nitrogens with two attached hydrogens (primary N) is 1. The summed E-state index contributed by atoms with van der Waals surface area (Å²) in [5.41, 5.74) is 7.43. The van der Waals surface area contributed by atoms with Crippen LogP contribution in [0.5, 0.6) is 0 Å². The van der Waals surface area contributed by atoms with Crippen molar-refractivity contribution in [1.82, 2.24) is 4.98 Å². The summed E-state index contributed by atoms with van der Waals surface area (Å²) >= 11 is 3.56. The second kappa shape index (κ2) is 4.80. The summed E-state index contributed by atoms with van der Waals surface area (Å²) in [5, 5.41) is 2.12. The van der Waals surface area contributed by atoms with Gasteiger partial charge in [-0.05, 0) is 29.6 Å². The highest BCUT2D eigenvalue weighted by Gasteiger charge is 2.20. The van der Waals surface area contributed by atoms with Crippen LogP contribution in [-0.2, 0) is 0 Å². The van der Waals surface area contributed by atoms with Crippen molar-refractivity contribution in [3.05, 3.63) is 52.5 Å². The summed E-state index contributed by atoms with van der Waals surface area (Å²) in [6.45, 7) is 2.14. The molecule has 0 fully saturated rings. The predicted molar refractivity (Wildman–Crippen MR) is 79.3 cm³/mol. The molecule has 0 amide bonds. The van der Waals surface area contributed by atoms with Crippen LogP contribution in [0.2, 0.25) is 0 Å². The van der Waals surface area contributed by atoms with Crippen LogP contribution in [0.1, 0.15) is 29.5 Å². The predicted octanol–water partition coefficient (Wildman–Crippen LogP) is 4.16. The highest BCUT2D eigenvalue weighted by atomic mass is 32.1. The van der Waals surface area contributed by atoms with Crippen molar-refractivity contribution in [3.8, 4) is 0 Å². The number of nitrogens with zero attached hydrogens (tertiary/aromatic N) is 1. The van der Waals surface area contributed by atoms with E-state index in [1.807, 2.05) is 24.4 Å². The van der Waals surface area contributed by atoms with Crippen molar-refractivity contribution >= 4 is 32.1 Å². The maximum absolute atomic E-state index is 6.37. The lowest BCUT2D eigenvalue weighted by Gasteiger charge is -2.17. The fourth-order valence-electron chi connectivity index (χ4n) is 2.02. The molecular formula is C14H14N2S2. The first-order valence-corrected chi connectivity index (χ1v) is 7.59. The number of thiophene rings is 2. The topological polar surface area (TPSA) is 38.9 Å². The molecule has 3 aromatic rings. The number of hydrogen-bond acceptors (Lipinski definition) is 4. The minimum absolute atomic E-state index is 0.0181. The van der Waals surface area contributed by atoms with Crippen molar-refractivity contribution in [3.63, 3.8) is 0 Å². The zero-order valence-corrected chi connectivity index (χ0v) is 11.7. The fourth-order valence-corrected chi connectivity index (χ4v) is 4.25. The molecule has 0 bridgehead atoms. The number of rotatable bonds is 3. The Morgan fingerprint density at radius 3 is 2.83 bits per heavy atom. The molecule has 4 heteroatoms. The second-order valence-electron chi connectivity index (χ2n) is 4.37. The smallest absolute Gasteiger partial charge is 0.0472 e. The van der Waals surface area contributed by atoms with E-state index in [0.29, 0.717) is 0 Å². The molecule has 0 saturated carbocycles. The van der Waals surface area contributed by atoms with Crippen LogP contribution in [0.3, 0.4) is 0 Å². The third-order valence-electron chi connectivity index (χ3n) is 3.18. The van der Waals surface area contributed by atoms with Crippen molar-refractivity contribution in [1.29, 1.82) is 0 Å². The SMILES string of the molecule is CC(c1ccccn1)C(N)c1cc2sccc2s1. The lowest BCUT2D eigenvalue weighted by Crippen LogP contribution is -2.17. The summed E-state index contributed by atoms with van der Waals surface area (Å²) in [7, 11) is 0. The second-order valence-corrected chi connectivity index (χ2v) is 6.43. The van der Waals surface area contributed by atoms with Crippen LogP contribution in [0.25, 0.3) is 9.40 Å². The van der Waals surface area contributed by atoms with Gasteiger partial charge in [-0.25, -0.2) is 0 Å². The molecule has 3 aromatic heterocycles. The highest BCUT2D eigenvalue weighted by Crippen LogP contribution is 2.37. The summed E-state index contributed by atoms with van der Waals surface area (Å²) in [4.78, 5) is 5.64. The number of fused-ring (bicyclic) bond motifs is 1. The molecule has 3 heterocycles. The molecule has 2 atom stereocenters. The van der Waals surface area contributed by atoms with Gasteiger partial charge in [0.05, 0.1) is 0 Å². The molecule has 18 heavy (non-hydrogen) atoms. The minimum Gasteiger partial charge on any atom is -0.323 e. The van der Waals surface area contributed by atoms with E-state index in [0.717, 1.165) is 5.69 Å². The average Bonchev–Trinajstić information content (AvgIpc) is 2.99. The van der Waals surface area contributed by atoms with Crippen LogP contribution in [0.4, 0.5) is 0 Å². The van der Waals surface area contributed by atoms with E-state index in [1.54, 1.807) is 22.7 Å². The van der Waals surface area contributed by atoms with Gasteiger partial charge in [-0.1, -0.05) is 13.0 Å². The maximum atomic E-state index is 6.37. The van der Waals surface area contributed by atoms with Gasteiger partial charge < -0.3 is 5.73 Å². The maximum Gasteiger partial charge on any atom is 0.0472 e. The normalized spacial score (nSPS) is 14.8. The van der Waals surface area contributed by atoms with Gasteiger partial charge in [0.1, 0.15) is 0 Å². The van der Waals surface area contributed by atoms with Crippen LogP contribution in [-0.4, -0.2) is 4.98 Å². The van der Waals surface area contributed by atoms with Crippen molar-refractivity contribution < 1.29 is 0 Å². The van der Waals surface area contributed by atoms with Gasteiger partial charge in [-0.3, -0.25) is 4.98 Å². The van der Waals surface area contributed by atoms with Crippen molar-refractivity contribution in [2.24, 2.45) is 5.73 Å². The molecule has 2 nitrogen and oxygen atoms in total. The van der Waals surface area contributed by atoms with E-state index in [2.05, 4.69) is 29.4 Å². The summed E-state index contributed by atoms with van der Waals surface area (Å²) in [6.07, 6.45) is 1.82. The van der Waals surface area contributed by atoms with Crippen molar-refractivity contribution in [2.45, 2.75) is 18.9 Å². The van der Waals surface area contributed by atoms with E-state index in [4.69, 9.17) is 5.73 Å². The summed E-state index contributed by atoms with van der Waals surface area (Å²) < 4.78 is 2.66. The Morgan fingerprint density at radius 1 is 1.22 bits per heavy atom. The Balaban J connectivity index is 1.90. The molecule has 0 spiro atoms. The van der Waals surface area contributed by atoms with Gasteiger partial charge >= 0.3 is 0 Å². The first kappa shape index (κ1) is 11.8. The molecule has 0 aromatic carbocycles. The molecule has 2 unspecified atom stereocenters. The molecule has 0 aliphatic carbocycles. The van der Waals surface area contributed by atoms with E-state index in [-0.39, 0.29) is 12.0 Å². The van der Waals surface area contributed by atoms with Gasteiger partial charge in [-0.15, -0.1) is 22.7 Å². The van der Waals surface area contributed by atoms with Crippen LogP contribution >= 0.6 is 22.7 Å². The molecule has 92 valence electrons. The van der Waals surface area contributed by atoms with Crippen LogP contribution in [0.15, 0.2) is 41.9 Å². The van der Waals surface area contributed by atoms with Gasteiger partial charge in [0, 0.05) is 38.1 Å². The first-order valence-electron chi connectivity index (χ1n) is 5.89. The zero-order valence-electron chi connectivity index (χ0n) is 10.0. The minimum atomic E-state index is 0.0181. The quantitative estimate of drug-likeness (QED) is 0.779. The number of aromatic nitrogens is 1. The largest absolute Gasteiger partial charge is 0.323 e. The van der Waals surface area contributed by atoms with E-state index in [9.17, 15) is 0 Å². The first-order chi connectivity index (χ1) is 8.75. The van der Waals surface area contributed by atoms with E-state index < -0.39 is 0 Å².